The second-order valence-corrected chi connectivity index (χ2v) is 4.23. The molecule has 1 heterocycles. The minimum Gasteiger partial charge on any atom is -0.486 e. The Kier molecular flexibility index (Phi) is 2.93. The second kappa shape index (κ2) is 4.25. The molecular formula is C12H14O5. The van der Waals surface area contributed by atoms with Crippen LogP contribution in [0.15, 0.2) is 18.2 Å². The molecule has 0 radical (unpaired) electrons. The van der Waals surface area contributed by atoms with Gasteiger partial charge in [-0.2, -0.15) is 0 Å². The summed E-state index contributed by atoms with van der Waals surface area (Å²) in [6.07, 6.45) is 0.0268. The van der Waals surface area contributed by atoms with Gasteiger partial charge in [-0.3, -0.25) is 0 Å². The average Bonchev–Trinajstić information content (AvgIpc) is 2.28. The molecule has 2 N–H and O–H groups in total. The molecule has 0 amide bonds. The molecule has 1 aromatic rings. The van der Waals surface area contributed by atoms with E-state index in [9.17, 15) is 9.90 Å². The van der Waals surface area contributed by atoms with Gasteiger partial charge in [0.1, 0.15) is 13.2 Å². The van der Waals surface area contributed by atoms with Crippen molar-refractivity contribution in [3.63, 3.8) is 0 Å². The number of hydrogen-bond acceptors (Lipinski definition) is 4. The topological polar surface area (TPSA) is 76.0 Å². The first-order chi connectivity index (χ1) is 7.99. The van der Waals surface area contributed by atoms with Gasteiger partial charge in [0, 0.05) is 6.42 Å². The number of carbonyl (C=O) groups is 1. The van der Waals surface area contributed by atoms with Crippen molar-refractivity contribution >= 4 is 5.97 Å². The molecule has 2 rings (SSSR count). The maximum Gasteiger partial charge on any atom is 0.335 e. The Bertz CT molecular complexity index is 439. The van der Waals surface area contributed by atoms with E-state index in [1.165, 1.54) is 6.92 Å². The summed E-state index contributed by atoms with van der Waals surface area (Å²) < 4.78 is 10.7. The van der Waals surface area contributed by atoms with Crippen molar-refractivity contribution in [3.8, 4) is 11.5 Å². The second-order valence-electron chi connectivity index (χ2n) is 4.23. The monoisotopic (exact) mass is 238 g/mol. The van der Waals surface area contributed by atoms with E-state index in [4.69, 9.17) is 14.6 Å². The molecule has 0 saturated heterocycles. The molecule has 1 atom stereocenters. The molecule has 5 nitrogen and oxygen atoms in total. The number of rotatable bonds is 3. The van der Waals surface area contributed by atoms with Crippen LogP contribution in [0.25, 0.3) is 0 Å². The van der Waals surface area contributed by atoms with E-state index in [0.717, 1.165) is 0 Å². The Balaban J connectivity index is 2.20. The van der Waals surface area contributed by atoms with Crippen LogP contribution in [0.2, 0.25) is 0 Å². The lowest BCUT2D eigenvalue weighted by Gasteiger charge is -2.21. The highest BCUT2D eigenvalue weighted by molar-refractivity contribution is 5.77. The van der Waals surface area contributed by atoms with Gasteiger partial charge in [0.05, 0.1) is 0 Å². The van der Waals surface area contributed by atoms with E-state index < -0.39 is 11.6 Å². The summed E-state index contributed by atoms with van der Waals surface area (Å²) in [6, 6.07) is 5.15. The van der Waals surface area contributed by atoms with E-state index in [0.29, 0.717) is 30.3 Å². The van der Waals surface area contributed by atoms with Crippen molar-refractivity contribution in [1.82, 2.24) is 0 Å². The molecular weight excluding hydrogens is 224 g/mol. The Labute approximate surface area is 98.6 Å². The Morgan fingerprint density at radius 3 is 2.65 bits per heavy atom. The zero-order chi connectivity index (χ0) is 12.5. The number of aliphatic hydroxyl groups is 1. The Morgan fingerprint density at radius 1 is 1.35 bits per heavy atom. The van der Waals surface area contributed by atoms with Gasteiger partial charge in [0.2, 0.25) is 0 Å². The lowest BCUT2D eigenvalue weighted by atomic mass is 9.96. The van der Waals surface area contributed by atoms with Crippen molar-refractivity contribution in [1.29, 1.82) is 0 Å². The predicted octanol–water partition coefficient (Wildman–Crippen LogP) is 0.836. The zero-order valence-corrected chi connectivity index (χ0v) is 9.47. The predicted molar refractivity (Wildman–Crippen MR) is 59.4 cm³/mol. The highest BCUT2D eigenvalue weighted by Crippen LogP contribution is 2.31. The van der Waals surface area contributed by atoms with E-state index in [1.54, 1.807) is 18.2 Å². The highest BCUT2D eigenvalue weighted by atomic mass is 16.6. The van der Waals surface area contributed by atoms with Gasteiger partial charge in [0.25, 0.3) is 0 Å². The fourth-order valence-corrected chi connectivity index (χ4v) is 1.67. The summed E-state index contributed by atoms with van der Waals surface area (Å²) in [5.41, 5.74) is -1.08. The third-order valence-corrected chi connectivity index (χ3v) is 2.62. The molecule has 0 spiro atoms. The number of carboxylic acids is 1. The molecule has 0 aromatic heterocycles. The van der Waals surface area contributed by atoms with Gasteiger partial charge in [-0.05, 0) is 24.6 Å². The summed E-state index contributed by atoms with van der Waals surface area (Å²) in [5.74, 6) is -0.00250. The van der Waals surface area contributed by atoms with E-state index in [2.05, 4.69) is 0 Å². The summed E-state index contributed by atoms with van der Waals surface area (Å²) in [5, 5.41) is 18.5. The van der Waals surface area contributed by atoms with Crippen molar-refractivity contribution in [2.45, 2.75) is 18.9 Å². The summed E-state index contributed by atoms with van der Waals surface area (Å²) in [7, 11) is 0. The van der Waals surface area contributed by atoms with Crippen LogP contribution < -0.4 is 9.47 Å². The van der Waals surface area contributed by atoms with E-state index >= 15 is 0 Å². The largest absolute Gasteiger partial charge is 0.486 e. The first-order valence-electron chi connectivity index (χ1n) is 5.33. The molecule has 1 aliphatic rings. The molecule has 0 saturated carbocycles. The minimum absolute atomic E-state index is 0.0268. The van der Waals surface area contributed by atoms with Gasteiger partial charge < -0.3 is 19.7 Å². The van der Waals surface area contributed by atoms with Crippen molar-refractivity contribution in [2.24, 2.45) is 0 Å². The SMILES string of the molecule is CC(O)(Cc1ccc2c(c1)OCCO2)C(=O)O. The van der Waals surface area contributed by atoms with E-state index in [1.807, 2.05) is 0 Å². The zero-order valence-electron chi connectivity index (χ0n) is 9.47. The lowest BCUT2D eigenvalue weighted by molar-refractivity contribution is -0.156. The van der Waals surface area contributed by atoms with Crippen LogP contribution in [-0.2, 0) is 11.2 Å². The van der Waals surface area contributed by atoms with Crippen LogP contribution in [-0.4, -0.2) is 35.0 Å². The van der Waals surface area contributed by atoms with Crippen LogP contribution in [0.3, 0.4) is 0 Å². The summed E-state index contributed by atoms with van der Waals surface area (Å²) in [4.78, 5) is 10.8. The minimum atomic E-state index is -1.77. The van der Waals surface area contributed by atoms with Gasteiger partial charge in [-0.25, -0.2) is 4.79 Å². The van der Waals surface area contributed by atoms with E-state index in [-0.39, 0.29) is 6.42 Å². The number of carboxylic acid groups (broad SMARTS) is 1. The van der Waals surface area contributed by atoms with Crippen LogP contribution in [0.4, 0.5) is 0 Å². The first-order valence-corrected chi connectivity index (χ1v) is 5.33. The quantitative estimate of drug-likeness (QED) is 0.816. The molecule has 1 unspecified atom stereocenters. The van der Waals surface area contributed by atoms with Gasteiger partial charge in [-0.15, -0.1) is 0 Å². The summed E-state index contributed by atoms with van der Waals surface area (Å²) in [6.45, 7) is 2.26. The standard InChI is InChI=1S/C12H14O5/c1-12(15,11(13)14)7-8-2-3-9-10(6-8)17-5-4-16-9/h2-3,6,15H,4-5,7H2,1H3,(H,13,14). The first kappa shape index (κ1) is 11.7. The number of hydrogen-bond donors (Lipinski definition) is 2. The van der Waals surface area contributed by atoms with Crippen LogP contribution in [0.5, 0.6) is 11.5 Å². The normalized spacial score (nSPS) is 17.3. The van der Waals surface area contributed by atoms with Crippen LogP contribution in [0, 0.1) is 0 Å². The maximum atomic E-state index is 10.8. The fraction of sp³-hybridized carbons (Fsp3) is 0.417. The lowest BCUT2D eigenvalue weighted by Crippen LogP contribution is -2.37. The Morgan fingerprint density at radius 2 is 2.00 bits per heavy atom. The highest BCUT2D eigenvalue weighted by Gasteiger charge is 2.30. The number of benzene rings is 1. The smallest absolute Gasteiger partial charge is 0.335 e. The Hall–Kier alpha value is -1.75. The molecule has 0 aliphatic carbocycles. The number of aliphatic carboxylic acids is 1. The van der Waals surface area contributed by atoms with Gasteiger partial charge in [-0.1, -0.05) is 6.07 Å². The van der Waals surface area contributed by atoms with Crippen molar-refractivity contribution in [3.05, 3.63) is 23.8 Å². The van der Waals surface area contributed by atoms with Gasteiger partial charge in [0.15, 0.2) is 17.1 Å². The summed E-state index contributed by atoms with van der Waals surface area (Å²) >= 11 is 0. The van der Waals surface area contributed by atoms with Crippen LogP contribution >= 0.6 is 0 Å². The average molecular weight is 238 g/mol. The maximum absolute atomic E-state index is 10.8. The van der Waals surface area contributed by atoms with Crippen LogP contribution in [0.1, 0.15) is 12.5 Å². The molecule has 0 fully saturated rings. The molecule has 1 aromatic carbocycles. The molecule has 0 bridgehead atoms. The molecule has 92 valence electrons. The fourth-order valence-electron chi connectivity index (χ4n) is 1.67. The molecule has 1 aliphatic heterocycles. The third-order valence-electron chi connectivity index (χ3n) is 2.62. The molecule has 17 heavy (non-hydrogen) atoms. The number of ether oxygens (including phenoxy) is 2. The molecule has 5 heteroatoms. The number of fused-ring (bicyclic) bond motifs is 1. The van der Waals surface area contributed by atoms with Crippen molar-refractivity contribution in [2.75, 3.05) is 13.2 Å². The van der Waals surface area contributed by atoms with Crippen molar-refractivity contribution < 1.29 is 24.5 Å². The third kappa shape index (κ3) is 2.50. The van der Waals surface area contributed by atoms with Gasteiger partial charge >= 0.3 is 5.97 Å².